The molecular weight excluding hydrogens is 815 g/mol. The molecule has 384 valence electrons. The van der Waals surface area contributed by atoms with Crippen LogP contribution in [0.3, 0.4) is 0 Å². The molecule has 66 heavy (non-hydrogen) atoms. The summed E-state index contributed by atoms with van der Waals surface area (Å²) in [6.45, 7) is 6.38. The fraction of sp³-hybridized carbons (Fsp3) is 0.800. The highest BCUT2D eigenvalue weighted by Gasteiger charge is 2.24. The van der Waals surface area contributed by atoms with Crippen LogP contribution in [0.15, 0.2) is 60.8 Å². The lowest BCUT2D eigenvalue weighted by molar-refractivity contribution is -0.151. The standard InChI is InChI=1S/C60H109NO5/c1-4-7-10-13-16-19-22-25-28-30-31-34-37-40-43-46-49-52-58(63)57(55-62)61-59(64)54-56(51-48-45-42-39-36-33-27-24-21-18-15-12-9-6-3)66-60(65)53-50-47-44-41-38-35-32-29-26-23-20-17-14-11-8-5-2/h8,11,17,20,26,29,33,36,39,42,56-58,62-63H,4-7,9-10,12-16,18-19,21-25,27-28,30-32,34-35,37-38,40-41,43-55H2,1-3H3,(H,61,64)/b11-8+,20-17+,29-26+,36-33+,42-39+. The van der Waals surface area contributed by atoms with Gasteiger partial charge in [-0.2, -0.15) is 0 Å². The van der Waals surface area contributed by atoms with Crippen LogP contribution in [0.1, 0.15) is 284 Å². The van der Waals surface area contributed by atoms with Crippen LogP contribution in [0.5, 0.6) is 0 Å². The van der Waals surface area contributed by atoms with E-state index in [1.165, 1.54) is 154 Å². The van der Waals surface area contributed by atoms with Gasteiger partial charge in [0.15, 0.2) is 0 Å². The van der Waals surface area contributed by atoms with Gasteiger partial charge in [-0.3, -0.25) is 9.59 Å². The molecule has 0 spiro atoms. The molecule has 0 aliphatic heterocycles. The second-order valence-corrected chi connectivity index (χ2v) is 19.3. The van der Waals surface area contributed by atoms with Crippen LogP contribution >= 0.6 is 0 Å². The van der Waals surface area contributed by atoms with Gasteiger partial charge in [-0.15, -0.1) is 0 Å². The Bertz CT molecular complexity index is 1170. The summed E-state index contributed by atoms with van der Waals surface area (Å²) in [4.78, 5) is 26.2. The highest BCUT2D eigenvalue weighted by atomic mass is 16.5. The zero-order valence-electron chi connectivity index (χ0n) is 43.8. The van der Waals surface area contributed by atoms with E-state index < -0.39 is 18.2 Å². The number of unbranched alkanes of at least 4 members (excludes halogenated alkanes) is 30. The van der Waals surface area contributed by atoms with Crippen molar-refractivity contribution in [1.82, 2.24) is 5.32 Å². The van der Waals surface area contributed by atoms with E-state index in [4.69, 9.17) is 4.74 Å². The van der Waals surface area contributed by atoms with E-state index in [1.807, 2.05) is 0 Å². The molecule has 3 N–H and O–H groups in total. The zero-order chi connectivity index (χ0) is 48.1. The van der Waals surface area contributed by atoms with E-state index in [1.54, 1.807) is 0 Å². The largest absolute Gasteiger partial charge is 0.462 e. The predicted octanol–water partition coefficient (Wildman–Crippen LogP) is 17.6. The van der Waals surface area contributed by atoms with Gasteiger partial charge in [-0.1, -0.05) is 255 Å². The third-order valence-corrected chi connectivity index (χ3v) is 12.9. The van der Waals surface area contributed by atoms with E-state index in [0.717, 1.165) is 83.5 Å². The Balaban J connectivity index is 4.59. The summed E-state index contributed by atoms with van der Waals surface area (Å²) in [5.41, 5.74) is 0. The number of hydrogen-bond acceptors (Lipinski definition) is 5. The molecule has 0 radical (unpaired) electrons. The van der Waals surface area contributed by atoms with E-state index in [0.29, 0.717) is 19.3 Å². The first-order valence-electron chi connectivity index (χ1n) is 28.5. The molecule has 3 atom stereocenters. The van der Waals surface area contributed by atoms with Crippen LogP contribution in [0.2, 0.25) is 0 Å². The summed E-state index contributed by atoms with van der Waals surface area (Å²) in [5, 5.41) is 23.9. The molecule has 6 heteroatoms. The maximum Gasteiger partial charge on any atom is 0.306 e. The van der Waals surface area contributed by atoms with Crippen molar-refractivity contribution >= 4 is 11.9 Å². The third kappa shape index (κ3) is 48.0. The molecule has 0 aromatic carbocycles. The first-order valence-corrected chi connectivity index (χ1v) is 28.5. The number of allylic oxidation sites excluding steroid dienone is 10. The van der Waals surface area contributed by atoms with E-state index in [2.05, 4.69) is 86.8 Å². The van der Waals surface area contributed by atoms with Crippen LogP contribution in [-0.2, 0) is 14.3 Å². The van der Waals surface area contributed by atoms with E-state index in [9.17, 15) is 19.8 Å². The number of aliphatic hydroxyl groups excluding tert-OH is 2. The number of nitrogens with one attached hydrogen (secondary N) is 1. The Morgan fingerprint density at radius 3 is 1.36 bits per heavy atom. The zero-order valence-corrected chi connectivity index (χ0v) is 43.8. The van der Waals surface area contributed by atoms with Gasteiger partial charge in [0, 0.05) is 6.42 Å². The molecule has 3 unspecified atom stereocenters. The predicted molar refractivity (Wildman–Crippen MR) is 287 cm³/mol. The Morgan fingerprint density at radius 2 is 0.879 bits per heavy atom. The van der Waals surface area contributed by atoms with Gasteiger partial charge in [0.2, 0.25) is 5.91 Å². The van der Waals surface area contributed by atoms with Crippen LogP contribution < -0.4 is 5.32 Å². The Hall–Kier alpha value is -2.44. The Labute approximate surface area is 409 Å². The van der Waals surface area contributed by atoms with Gasteiger partial charge in [0.1, 0.15) is 6.10 Å². The van der Waals surface area contributed by atoms with Crippen LogP contribution in [0.4, 0.5) is 0 Å². The quantitative estimate of drug-likeness (QED) is 0.0244. The summed E-state index contributed by atoms with van der Waals surface area (Å²) in [7, 11) is 0. The van der Waals surface area contributed by atoms with Gasteiger partial charge >= 0.3 is 5.97 Å². The highest BCUT2D eigenvalue weighted by molar-refractivity contribution is 5.77. The summed E-state index contributed by atoms with van der Waals surface area (Å²) in [6, 6.07) is -0.721. The molecule has 0 bridgehead atoms. The minimum Gasteiger partial charge on any atom is -0.462 e. The molecule has 0 aliphatic rings. The average molecular weight is 925 g/mol. The molecule has 0 saturated carbocycles. The number of aliphatic hydroxyl groups is 2. The van der Waals surface area contributed by atoms with Gasteiger partial charge < -0.3 is 20.3 Å². The normalized spacial score (nSPS) is 13.6. The van der Waals surface area contributed by atoms with Crippen molar-refractivity contribution < 1.29 is 24.5 Å². The lowest BCUT2D eigenvalue weighted by Crippen LogP contribution is -2.46. The van der Waals surface area contributed by atoms with Gasteiger partial charge in [0.25, 0.3) is 0 Å². The summed E-state index contributed by atoms with van der Waals surface area (Å²) >= 11 is 0. The van der Waals surface area contributed by atoms with Crippen molar-refractivity contribution in [2.75, 3.05) is 6.61 Å². The monoisotopic (exact) mass is 924 g/mol. The molecule has 0 saturated heterocycles. The maximum atomic E-state index is 13.2. The first-order chi connectivity index (χ1) is 32.5. The molecule has 0 fully saturated rings. The molecule has 6 nitrogen and oxygen atoms in total. The fourth-order valence-electron chi connectivity index (χ4n) is 8.56. The number of rotatable bonds is 51. The highest BCUT2D eigenvalue weighted by Crippen LogP contribution is 2.18. The van der Waals surface area contributed by atoms with E-state index >= 15 is 0 Å². The summed E-state index contributed by atoms with van der Waals surface area (Å²) in [5.74, 6) is -0.530. The average Bonchev–Trinajstić information content (AvgIpc) is 3.31. The lowest BCUT2D eigenvalue weighted by atomic mass is 10.0. The smallest absolute Gasteiger partial charge is 0.306 e. The van der Waals surface area contributed by atoms with Crippen molar-refractivity contribution in [2.24, 2.45) is 0 Å². The third-order valence-electron chi connectivity index (χ3n) is 12.9. The fourth-order valence-corrected chi connectivity index (χ4v) is 8.56. The number of carbonyl (C=O) groups excluding carboxylic acids is 2. The van der Waals surface area contributed by atoms with Crippen molar-refractivity contribution in [3.8, 4) is 0 Å². The van der Waals surface area contributed by atoms with Crippen LogP contribution in [0, 0.1) is 0 Å². The molecule has 1 amide bonds. The second kappa shape index (κ2) is 53.5. The van der Waals surface area contributed by atoms with Gasteiger partial charge in [-0.05, 0) is 77.0 Å². The van der Waals surface area contributed by atoms with Crippen LogP contribution in [0.25, 0.3) is 0 Å². The van der Waals surface area contributed by atoms with Crippen molar-refractivity contribution in [1.29, 1.82) is 0 Å². The molecule has 0 aromatic rings. The Kier molecular flexibility index (Phi) is 51.5. The summed E-state index contributed by atoms with van der Waals surface area (Å²) in [6.07, 6.45) is 67.2. The number of esters is 1. The van der Waals surface area contributed by atoms with E-state index in [-0.39, 0.29) is 24.9 Å². The number of carbonyl (C=O) groups is 2. The minimum absolute atomic E-state index is 0.0389. The minimum atomic E-state index is -0.804. The molecule has 0 aromatic heterocycles. The maximum absolute atomic E-state index is 13.2. The first kappa shape index (κ1) is 63.6. The molecule has 0 heterocycles. The lowest BCUT2D eigenvalue weighted by Gasteiger charge is -2.24. The SMILES string of the molecule is CC/C=C/C/C=C/C/C=C/CCCCCCCCC(=O)OC(CCC/C=C/C=C/CCCCCCCCC)CC(=O)NC(CO)C(O)CCCCCCCCCCCCCCCCCCC. The van der Waals surface area contributed by atoms with Gasteiger partial charge in [-0.25, -0.2) is 0 Å². The summed E-state index contributed by atoms with van der Waals surface area (Å²) < 4.78 is 5.92. The van der Waals surface area contributed by atoms with Gasteiger partial charge in [0.05, 0.1) is 25.2 Å². The number of amides is 1. The van der Waals surface area contributed by atoms with Crippen molar-refractivity contribution in [3.05, 3.63) is 60.8 Å². The van der Waals surface area contributed by atoms with Crippen LogP contribution in [-0.4, -0.2) is 46.9 Å². The number of ether oxygens (including phenoxy) is 1. The second-order valence-electron chi connectivity index (χ2n) is 19.3. The number of hydrogen-bond donors (Lipinski definition) is 3. The van der Waals surface area contributed by atoms with Crippen molar-refractivity contribution in [2.45, 2.75) is 302 Å². The van der Waals surface area contributed by atoms with Crippen molar-refractivity contribution in [3.63, 3.8) is 0 Å². The molecule has 0 aliphatic carbocycles. The Morgan fingerprint density at radius 1 is 0.470 bits per heavy atom. The topological polar surface area (TPSA) is 95.9 Å². The molecular formula is C60H109NO5. The molecule has 0 rings (SSSR count).